The molecule has 4 rings (SSSR count). The van der Waals surface area contributed by atoms with E-state index < -0.39 is 0 Å². The number of ether oxygens (including phenoxy) is 1. The van der Waals surface area contributed by atoms with Crippen molar-refractivity contribution in [2.24, 2.45) is 0 Å². The molecule has 0 unspecified atom stereocenters. The summed E-state index contributed by atoms with van der Waals surface area (Å²) in [4.78, 5) is 32.9. The van der Waals surface area contributed by atoms with Gasteiger partial charge in [0.2, 0.25) is 5.91 Å². The van der Waals surface area contributed by atoms with Gasteiger partial charge in [0.1, 0.15) is 0 Å². The van der Waals surface area contributed by atoms with Gasteiger partial charge < -0.3 is 15.0 Å². The van der Waals surface area contributed by atoms with Crippen molar-refractivity contribution < 1.29 is 14.3 Å². The molecule has 1 aromatic carbocycles. The zero-order chi connectivity index (χ0) is 19.7. The highest BCUT2D eigenvalue weighted by Crippen LogP contribution is 2.25. The normalized spacial score (nSPS) is 24.7. The van der Waals surface area contributed by atoms with Crippen molar-refractivity contribution in [3.63, 3.8) is 0 Å². The average Bonchev–Trinajstić information content (AvgIpc) is 3.08. The Balaban J connectivity index is 1.35. The molecule has 28 heavy (non-hydrogen) atoms. The van der Waals surface area contributed by atoms with E-state index in [9.17, 15) is 9.59 Å². The van der Waals surface area contributed by atoms with Crippen LogP contribution < -0.4 is 5.32 Å². The van der Waals surface area contributed by atoms with E-state index in [0.717, 1.165) is 30.4 Å². The highest BCUT2D eigenvalue weighted by Gasteiger charge is 2.38. The van der Waals surface area contributed by atoms with E-state index in [1.54, 1.807) is 25.2 Å². The summed E-state index contributed by atoms with van der Waals surface area (Å²) in [6.45, 7) is 2.14. The molecule has 2 saturated heterocycles. The van der Waals surface area contributed by atoms with Crippen LogP contribution in [0.5, 0.6) is 0 Å². The van der Waals surface area contributed by atoms with Crippen molar-refractivity contribution in [2.75, 3.05) is 33.8 Å². The van der Waals surface area contributed by atoms with Gasteiger partial charge in [-0.15, -0.1) is 0 Å². The molecule has 7 heteroatoms. The maximum absolute atomic E-state index is 12.7. The lowest BCUT2D eigenvalue weighted by atomic mass is 10.1. The van der Waals surface area contributed by atoms with Crippen LogP contribution in [0.15, 0.2) is 36.5 Å². The molecule has 0 aliphatic carbocycles. The van der Waals surface area contributed by atoms with Crippen LogP contribution in [0.1, 0.15) is 23.2 Å². The van der Waals surface area contributed by atoms with Crippen LogP contribution in [0.4, 0.5) is 0 Å². The van der Waals surface area contributed by atoms with Gasteiger partial charge in [0.15, 0.2) is 0 Å². The van der Waals surface area contributed by atoms with Crippen LogP contribution in [0.2, 0.25) is 0 Å². The average molecular weight is 382 g/mol. The van der Waals surface area contributed by atoms with Gasteiger partial charge >= 0.3 is 0 Å². The number of rotatable bonds is 4. The van der Waals surface area contributed by atoms with Crippen molar-refractivity contribution in [3.8, 4) is 0 Å². The molecule has 0 bridgehead atoms. The van der Waals surface area contributed by atoms with Gasteiger partial charge in [-0.05, 0) is 30.7 Å². The van der Waals surface area contributed by atoms with Crippen LogP contribution >= 0.6 is 0 Å². The van der Waals surface area contributed by atoms with Gasteiger partial charge in [-0.3, -0.25) is 19.5 Å². The largest absolute Gasteiger partial charge is 0.375 e. The minimum atomic E-state index is -0.0754. The number of benzene rings is 1. The first-order chi connectivity index (χ1) is 13.5. The number of hydrogen-bond donors (Lipinski definition) is 1. The first-order valence-corrected chi connectivity index (χ1v) is 9.71. The third-order valence-corrected chi connectivity index (χ3v) is 5.59. The molecule has 0 spiro atoms. The molecule has 148 valence electrons. The maximum Gasteiger partial charge on any atom is 0.251 e. The quantitative estimate of drug-likeness (QED) is 0.862. The SMILES string of the molecule is CN(C)C(=O)C[C@H]1CN2C[C@@H](NC(=O)c3ccc4ncccc4c3)C[C@H]2CO1. The van der Waals surface area contributed by atoms with Crippen molar-refractivity contribution in [1.29, 1.82) is 0 Å². The lowest BCUT2D eigenvalue weighted by Crippen LogP contribution is -2.47. The fourth-order valence-corrected chi connectivity index (χ4v) is 4.03. The Morgan fingerprint density at radius 2 is 2.14 bits per heavy atom. The number of aromatic nitrogens is 1. The number of hydrogen-bond acceptors (Lipinski definition) is 5. The molecule has 2 amide bonds. The van der Waals surface area contributed by atoms with Gasteiger partial charge in [-0.25, -0.2) is 0 Å². The smallest absolute Gasteiger partial charge is 0.251 e. The van der Waals surface area contributed by atoms with Crippen molar-refractivity contribution in [1.82, 2.24) is 20.1 Å². The Bertz CT molecular complexity index is 885. The molecule has 1 aromatic heterocycles. The number of fused-ring (bicyclic) bond motifs is 2. The monoisotopic (exact) mass is 382 g/mol. The minimum Gasteiger partial charge on any atom is -0.375 e. The third-order valence-electron chi connectivity index (χ3n) is 5.59. The Labute approximate surface area is 164 Å². The molecular formula is C21H26N4O3. The summed E-state index contributed by atoms with van der Waals surface area (Å²) < 4.78 is 5.89. The topological polar surface area (TPSA) is 74.8 Å². The summed E-state index contributed by atoms with van der Waals surface area (Å²) in [5, 5.41) is 4.12. The Morgan fingerprint density at radius 3 is 2.96 bits per heavy atom. The van der Waals surface area contributed by atoms with Crippen molar-refractivity contribution in [3.05, 3.63) is 42.1 Å². The second-order valence-corrected chi connectivity index (χ2v) is 7.87. The van der Waals surface area contributed by atoms with E-state index in [2.05, 4.69) is 15.2 Å². The molecule has 0 saturated carbocycles. The van der Waals surface area contributed by atoms with Crippen molar-refractivity contribution >= 4 is 22.7 Å². The van der Waals surface area contributed by atoms with Crippen LogP contribution in [-0.2, 0) is 9.53 Å². The second-order valence-electron chi connectivity index (χ2n) is 7.87. The highest BCUT2D eigenvalue weighted by atomic mass is 16.5. The number of carbonyl (C=O) groups is 2. The lowest BCUT2D eigenvalue weighted by Gasteiger charge is -2.35. The van der Waals surface area contributed by atoms with E-state index >= 15 is 0 Å². The summed E-state index contributed by atoms with van der Waals surface area (Å²) >= 11 is 0. The van der Waals surface area contributed by atoms with Crippen LogP contribution in [-0.4, -0.2) is 78.6 Å². The van der Waals surface area contributed by atoms with E-state index in [1.807, 2.05) is 30.3 Å². The molecule has 2 fully saturated rings. The molecule has 3 heterocycles. The van der Waals surface area contributed by atoms with E-state index in [1.165, 1.54) is 0 Å². The number of amides is 2. The van der Waals surface area contributed by atoms with Gasteiger partial charge in [0.05, 0.1) is 24.6 Å². The summed E-state index contributed by atoms with van der Waals surface area (Å²) in [5.41, 5.74) is 1.53. The molecule has 3 atom stereocenters. The number of carbonyl (C=O) groups excluding carboxylic acids is 2. The van der Waals surface area contributed by atoms with Crippen LogP contribution in [0, 0.1) is 0 Å². The van der Waals surface area contributed by atoms with E-state index in [4.69, 9.17) is 4.74 Å². The van der Waals surface area contributed by atoms with Gasteiger partial charge in [-0.1, -0.05) is 6.07 Å². The Hall–Kier alpha value is -2.51. The second kappa shape index (κ2) is 7.85. The minimum absolute atomic E-state index is 0.0594. The molecule has 1 N–H and O–H groups in total. The fourth-order valence-electron chi connectivity index (χ4n) is 4.03. The van der Waals surface area contributed by atoms with Gasteiger partial charge in [0.25, 0.3) is 5.91 Å². The van der Waals surface area contributed by atoms with Gasteiger partial charge in [0, 0.05) is 56.4 Å². The Morgan fingerprint density at radius 1 is 1.29 bits per heavy atom. The standard InChI is InChI=1S/C21H26N4O3/c1-24(2)20(26)10-18-12-25-11-16(9-17(25)13-28-18)23-21(27)15-5-6-19-14(8-15)4-3-7-22-19/h3-8,16-18H,9-13H2,1-2H3,(H,23,27)/t16-,17-,18-/m0/s1. The number of morpholine rings is 1. The third kappa shape index (κ3) is 4.00. The maximum atomic E-state index is 12.7. The Kier molecular flexibility index (Phi) is 5.28. The number of nitrogens with one attached hydrogen (secondary N) is 1. The predicted molar refractivity (Wildman–Crippen MR) is 106 cm³/mol. The molecular weight excluding hydrogens is 356 g/mol. The molecule has 7 nitrogen and oxygen atoms in total. The summed E-state index contributed by atoms with van der Waals surface area (Å²) in [6, 6.07) is 9.80. The van der Waals surface area contributed by atoms with Crippen LogP contribution in [0.3, 0.4) is 0 Å². The molecule has 0 radical (unpaired) electrons. The van der Waals surface area contributed by atoms with Crippen LogP contribution in [0.25, 0.3) is 10.9 Å². The highest BCUT2D eigenvalue weighted by molar-refractivity contribution is 5.98. The summed E-state index contributed by atoms with van der Waals surface area (Å²) in [7, 11) is 3.52. The zero-order valence-electron chi connectivity index (χ0n) is 16.3. The zero-order valence-corrected chi connectivity index (χ0v) is 16.3. The number of pyridine rings is 1. The molecule has 2 aliphatic rings. The first-order valence-electron chi connectivity index (χ1n) is 9.71. The predicted octanol–water partition coefficient (Wildman–Crippen LogP) is 1.28. The fraction of sp³-hybridized carbons (Fsp3) is 0.476. The number of nitrogens with zero attached hydrogens (tertiary/aromatic N) is 3. The summed E-state index contributed by atoms with van der Waals surface area (Å²) in [5.74, 6) is 0.0224. The summed E-state index contributed by atoms with van der Waals surface area (Å²) in [6.07, 6.45) is 2.94. The van der Waals surface area contributed by atoms with E-state index in [0.29, 0.717) is 24.6 Å². The molecule has 2 aromatic rings. The van der Waals surface area contributed by atoms with Crippen molar-refractivity contribution in [2.45, 2.75) is 31.0 Å². The first kappa shape index (κ1) is 18.8. The molecule has 2 aliphatic heterocycles. The van der Waals surface area contributed by atoms with E-state index in [-0.39, 0.29) is 24.0 Å². The van der Waals surface area contributed by atoms with Gasteiger partial charge in [-0.2, -0.15) is 0 Å². The lowest BCUT2D eigenvalue weighted by molar-refractivity contribution is -0.134.